The summed E-state index contributed by atoms with van der Waals surface area (Å²) in [5.74, 6) is -6.69. The number of hydrogen-bond acceptors (Lipinski definition) is 9. The molecule has 31 heavy (non-hydrogen) atoms. The van der Waals surface area contributed by atoms with E-state index in [4.69, 9.17) is 26.8 Å². The van der Waals surface area contributed by atoms with Gasteiger partial charge in [0.1, 0.15) is 24.2 Å². The molecule has 0 heterocycles. The lowest BCUT2D eigenvalue weighted by Gasteiger charge is -2.24. The smallest absolute Gasteiger partial charge is 0.326 e. The van der Waals surface area contributed by atoms with Crippen molar-refractivity contribution in [3.05, 3.63) is 0 Å². The first-order valence-corrected chi connectivity index (χ1v) is 9.04. The number of rotatable bonds is 15. The van der Waals surface area contributed by atoms with Crippen molar-refractivity contribution in [2.45, 2.75) is 49.9 Å². The Morgan fingerprint density at radius 1 is 0.710 bits per heavy atom. The number of primary amides is 1. The second-order valence-corrected chi connectivity index (χ2v) is 6.43. The number of aliphatic carboxylic acids is 2. The van der Waals surface area contributed by atoms with Gasteiger partial charge in [0.05, 0.1) is 13.2 Å². The Kier molecular flexibility index (Phi) is 12.4. The van der Waals surface area contributed by atoms with Crippen LogP contribution in [0.15, 0.2) is 0 Å². The molecule has 0 spiro atoms. The fourth-order valence-electron chi connectivity index (χ4n) is 2.18. The molecule has 4 unspecified atom stereocenters. The summed E-state index contributed by atoms with van der Waals surface area (Å²) in [5, 5.41) is 42.3. The van der Waals surface area contributed by atoms with Crippen LogP contribution >= 0.6 is 0 Å². The van der Waals surface area contributed by atoms with Crippen LogP contribution in [0.4, 0.5) is 0 Å². The molecule has 11 N–H and O–H groups in total. The van der Waals surface area contributed by atoms with Crippen LogP contribution in [0.25, 0.3) is 0 Å². The van der Waals surface area contributed by atoms with E-state index in [2.05, 4.69) is 10.6 Å². The number of aliphatic hydroxyl groups excluding tert-OH is 2. The third-order valence-corrected chi connectivity index (χ3v) is 3.92. The van der Waals surface area contributed by atoms with E-state index in [0.717, 1.165) is 0 Å². The molecule has 0 aromatic heterocycles. The van der Waals surface area contributed by atoms with Crippen LogP contribution in [0, 0.1) is 0 Å². The Bertz CT molecular complexity index is 686. The van der Waals surface area contributed by atoms with Crippen LogP contribution in [-0.2, 0) is 28.8 Å². The van der Waals surface area contributed by atoms with Gasteiger partial charge in [-0.05, 0) is 12.8 Å². The van der Waals surface area contributed by atoms with Crippen LogP contribution in [0.2, 0.25) is 0 Å². The average Bonchev–Trinajstić information content (AvgIpc) is 2.70. The minimum Gasteiger partial charge on any atom is -0.481 e. The highest BCUT2D eigenvalue weighted by Gasteiger charge is 2.30. The topological polar surface area (TPSA) is 271 Å². The molecule has 0 bridgehead atoms. The van der Waals surface area contributed by atoms with Crippen molar-refractivity contribution in [2.75, 3.05) is 13.2 Å². The third kappa shape index (κ3) is 10.9. The SMILES string of the molecule is NC(=O)CCC(NC(=O)C(N)CO)C(=O)NC(CO)C(=O)NC(CCC(=O)O)C(=O)O. The largest absolute Gasteiger partial charge is 0.481 e. The van der Waals surface area contributed by atoms with Crippen molar-refractivity contribution < 1.29 is 49.2 Å². The normalized spacial score (nSPS) is 14.4. The van der Waals surface area contributed by atoms with Gasteiger partial charge in [0.25, 0.3) is 0 Å². The molecule has 0 aliphatic rings. The summed E-state index contributed by atoms with van der Waals surface area (Å²) in [6.45, 7) is -1.69. The zero-order valence-electron chi connectivity index (χ0n) is 16.4. The first-order valence-electron chi connectivity index (χ1n) is 9.04. The van der Waals surface area contributed by atoms with Crippen molar-refractivity contribution in [2.24, 2.45) is 11.5 Å². The van der Waals surface area contributed by atoms with E-state index in [1.54, 1.807) is 0 Å². The maximum absolute atomic E-state index is 12.4. The number of carboxylic acid groups (broad SMARTS) is 2. The van der Waals surface area contributed by atoms with Gasteiger partial charge in [0, 0.05) is 12.8 Å². The predicted molar refractivity (Wildman–Crippen MR) is 101 cm³/mol. The van der Waals surface area contributed by atoms with Crippen molar-refractivity contribution in [3.8, 4) is 0 Å². The molecule has 0 fully saturated rings. The van der Waals surface area contributed by atoms with Crippen molar-refractivity contribution in [1.82, 2.24) is 16.0 Å². The van der Waals surface area contributed by atoms with Crippen LogP contribution in [0.5, 0.6) is 0 Å². The van der Waals surface area contributed by atoms with Crippen molar-refractivity contribution >= 4 is 35.6 Å². The molecule has 0 aliphatic heterocycles. The van der Waals surface area contributed by atoms with Crippen LogP contribution in [0.3, 0.4) is 0 Å². The summed E-state index contributed by atoms with van der Waals surface area (Å²) < 4.78 is 0. The lowest BCUT2D eigenvalue weighted by Crippen LogP contribution is -2.58. The lowest BCUT2D eigenvalue weighted by atomic mass is 10.1. The van der Waals surface area contributed by atoms with E-state index in [0.29, 0.717) is 0 Å². The van der Waals surface area contributed by atoms with Crippen molar-refractivity contribution in [1.29, 1.82) is 0 Å². The highest BCUT2D eigenvalue weighted by molar-refractivity contribution is 5.94. The molecule has 0 aromatic rings. The maximum atomic E-state index is 12.4. The summed E-state index contributed by atoms with van der Waals surface area (Å²) in [7, 11) is 0. The highest BCUT2D eigenvalue weighted by atomic mass is 16.4. The summed E-state index contributed by atoms with van der Waals surface area (Å²) in [5.41, 5.74) is 10.4. The number of aliphatic hydroxyl groups is 2. The lowest BCUT2D eigenvalue weighted by molar-refractivity contribution is -0.143. The summed E-state index contributed by atoms with van der Waals surface area (Å²) in [4.78, 5) is 69.3. The molecule has 15 nitrogen and oxygen atoms in total. The Morgan fingerprint density at radius 3 is 1.65 bits per heavy atom. The summed E-state index contributed by atoms with van der Waals surface area (Å²) >= 11 is 0. The Labute approximate surface area is 176 Å². The first kappa shape index (κ1) is 27.7. The van der Waals surface area contributed by atoms with Crippen LogP contribution in [-0.4, -0.2) is 93.4 Å². The molecule has 15 heteroatoms. The van der Waals surface area contributed by atoms with Gasteiger partial charge in [-0.25, -0.2) is 4.79 Å². The Morgan fingerprint density at radius 2 is 1.19 bits per heavy atom. The van der Waals surface area contributed by atoms with Gasteiger partial charge >= 0.3 is 11.9 Å². The number of nitrogens with one attached hydrogen (secondary N) is 3. The molecule has 4 atom stereocenters. The monoisotopic (exact) mass is 449 g/mol. The number of carbonyl (C=O) groups is 6. The molecule has 0 radical (unpaired) electrons. The van der Waals surface area contributed by atoms with E-state index < -0.39 is 85.8 Å². The molecule has 0 rings (SSSR count). The minimum atomic E-state index is -1.65. The van der Waals surface area contributed by atoms with Crippen LogP contribution < -0.4 is 27.4 Å². The number of carbonyl (C=O) groups excluding carboxylic acids is 4. The molecule has 0 saturated heterocycles. The average molecular weight is 449 g/mol. The van der Waals surface area contributed by atoms with Gasteiger partial charge in [0.2, 0.25) is 23.6 Å². The van der Waals surface area contributed by atoms with E-state index in [9.17, 15) is 33.9 Å². The zero-order valence-corrected chi connectivity index (χ0v) is 16.4. The fourth-order valence-corrected chi connectivity index (χ4v) is 2.18. The van der Waals surface area contributed by atoms with E-state index in [-0.39, 0.29) is 12.8 Å². The Balaban J connectivity index is 5.23. The number of nitrogens with two attached hydrogens (primary N) is 2. The van der Waals surface area contributed by atoms with Gasteiger partial charge in [-0.1, -0.05) is 0 Å². The number of carboxylic acids is 2. The minimum absolute atomic E-state index is 0.290. The molecular weight excluding hydrogens is 422 g/mol. The first-order chi connectivity index (χ1) is 14.4. The molecule has 4 amide bonds. The Hall–Kier alpha value is -3.30. The number of hydrogen-bond donors (Lipinski definition) is 9. The number of amides is 4. The van der Waals surface area contributed by atoms with Crippen molar-refractivity contribution in [3.63, 3.8) is 0 Å². The predicted octanol–water partition coefficient (Wildman–Crippen LogP) is -5.03. The second-order valence-electron chi connectivity index (χ2n) is 6.43. The van der Waals surface area contributed by atoms with E-state index in [1.165, 1.54) is 0 Å². The standard InChI is InChI=1S/C16H27N5O10/c17-7(5-22)13(27)19-8(1-3-11(18)24)14(28)21-10(6-23)15(29)20-9(16(30)31)2-4-12(25)26/h7-10,22-23H,1-6,17H2,(H2,18,24)(H,19,27)(H,20,29)(H,21,28)(H,25,26)(H,30,31). The molecule has 0 aromatic carbocycles. The van der Waals surface area contributed by atoms with Crippen LogP contribution in [0.1, 0.15) is 25.7 Å². The quantitative estimate of drug-likeness (QED) is 0.114. The highest BCUT2D eigenvalue weighted by Crippen LogP contribution is 2.02. The van der Waals surface area contributed by atoms with Gasteiger partial charge in [-0.15, -0.1) is 0 Å². The molecular formula is C16H27N5O10. The van der Waals surface area contributed by atoms with Gasteiger partial charge in [-0.3, -0.25) is 24.0 Å². The van der Waals surface area contributed by atoms with Gasteiger partial charge in [-0.2, -0.15) is 0 Å². The molecule has 176 valence electrons. The van der Waals surface area contributed by atoms with Gasteiger partial charge in [0.15, 0.2) is 0 Å². The molecule has 0 aliphatic carbocycles. The van der Waals surface area contributed by atoms with E-state index in [1.807, 2.05) is 5.32 Å². The summed E-state index contributed by atoms with van der Waals surface area (Å²) in [6.07, 6.45) is -1.63. The van der Waals surface area contributed by atoms with Gasteiger partial charge < -0.3 is 47.8 Å². The summed E-state index contributed by atoms with van der Waals surface area (Å²) in [6, 6.07) is -6.03. The van der Waals surface area contributed by atoms with E-state index >= 15 is 0 Å². The second kappa shape index (κ2) is 13.8. The third-order valence-electron chi connectivity index (χ3n) is 3.92. The maximum Gasteiger partial charge on any atom is 0.326 e. The fraction of sp³-hybridized carbons (Fsp3) is 0.625. The molecule has 0 saturated carbocycles. The zero-order chi connectivity index (χ0) is 24.1.